The van der Waals surface area contributed by atoms with Crippen molar-refractivity contribution in [2.24, 2.45) is 0 Å². The lowest BCUT2D eigenvalue weighted by molar-refractivity contribution is -0.120. The van der Waals surface area contributed by atoms with Crippen molar-refractivity contribution in [3.8, 4) is 0 Å². The van der Waals surface area contributed by atoms with E-state index in [9.17, 15) is 4.79 Å². The van der Waals surface area contributed by atoms with E-state index in [1.165, 1.54) is 0 Å². The molecule has 1 saturated heterocycles. The Morgan fingerprint density at radius 1 is 1.23 bits per heavy atom. The van der Waals surface area contributed by atoms with Crippen molar-refractivity contribution in [1.29, 1.82) is 0 Å². The molecule has 2 aromatic rings. The molecule has 114 valence electrons. The number of likely N-dealkylation sites (N-methyl/N-ethyl adjacent to an activating group) is 1. The molecule has 5 heteroatoms. The van der Waals surface area contributed by atoms with E-state index in [4.69, 9.17) is 0 Å². The van der Waals surface area contributed by atoms with Crippen LogP contribution in [-0.4, -0.2) is 24.0 Å². The molecule has 2 N–H and O–H groups in total. The van der Waals surface area contributed by atoms with Gasteiger partial charge in [-0.3, -0.25) is 9.78 Å². The Morgan fingerprint density at radius 2 is 2.00 bits per heavy atom. The fraction of sp³-hybridized carbons (Fsp3) is 0.294. The van der Waals surface area contributed by atoms with E-state index in [-0.39, 0.29) is 18.0 Å². The zero-order chi connectivity index (χ0) is 15.5. The first-order valence-corrected chi connectivity index (χ1v) is 7.40. The van der Waals surface area contributed by atoms with Crippen LogP contribution in [0, 0.1) is 6.92 Å². The van der Waals surface area contributed by atoms with Gasteiger partial charge in [-0.05, 0) is 48.7 Å². The normalized spacial score (nSPS) is 20.8. The standard InChI is InChI=1S/C17H20N4O/c1-12-4-3-5-14(10-12)21(2)17(22)16-11-15(19-20-16)13-6-8-18-9-7-13/h3-10,15-16,19-20H,11H2,1-2H3. The van der Waals surface area contributed by atoms with Gasteiger partial charge in [-0.15, -0.1) is 0 Å². The zero-order valence-corrected chi connectivity index (χ0v) is 12.8. The highest BCUT2D eigenvalue weighted by Crippen LogP contribution is 2.24. The first-order chi connectivity index (χ1) is 10.6. The summed E-state index contributed by atoms with van der Waals surface area (Å²) >= 11 is 0. The molecule has 1 aliphatic rings. The zero-order valence-electron chi connectivity index (χ0n) is 12.8. The van der Waals surface area contributed by atoms with E-state index in [0.29, 0.717) is 0 Å². The molecule has 0 radical (unpaired) electrons. The second-order valence-electron chi connectivity index (χ2n) is 5.65. The van der Waals surface area contributed by atoms with Crippen molar-refractivity contribution in [1.82, 2.24) is 15.8 Å². The van der Waals surface area contributed by atoms with E-state index < -0.39 is 0 Å². The summed E-state index contributed by atoms with van der Waals surface area (Å²) in [5, 5.41) is 0. The van der Waals surface area contributed by atoms with Crippen LogP contribution in [-0.2, 0) is 4.79 Å². The Hall–Kier alpha value is -2.24. The predicted octanol–water partition coefficient (Wildman–Crippen LogP) is 1.96. The van der Waals surface area contributed by atoms with Gasteiger partial charge in [-0.25, -0.2) is 10.9 Å². The summed E-state index contributed by atoms with van der Waals surface area (Å²) in [7, 11) is 1.82. The van der Waals surface area contributed by atoms with Crippen molar-refractivity contribution < 1.29 is 4.79 Å². The van der Waals surface area contributed by atoms with E-state index in [1.54, 1.807) is 17.3 Å². The number of rotatable bonds is 3. The molecule has 22 heavy (non-hydrogen) atoms. The van der Waals surface area contributed by atoms with Crippen LogP contribution in [0.5, 0.6) is 0 Å². The molecule has 0 saturated carbocycles. The van der Waals surface area contributed by atoms with Crippen LogP contribution in [0.1, 0.15) is 23.6 Å². The van der Waals surface area contributed by atoms with Crippen LogP contribution in [0.15, 0.2) is 48.8 Å². The molecule has 0 spiro atoms. The predicted molar refractivity (Wildman–Crippen MR) is 86.2 cm³/mol. The van der Waals surface area contributed by atoms with Crippen LogP contribution >= 0.6 is 0 Å². The Morgan fingerprint density at radius 3 is 2.73 bits per heavy atom. The van der Waals surface area contributed by atoms with E-state index in [0.717, 1.165) is 23.2 Å². The quantitative estimate of drug-likeness (QED) is 0.909. The van der Waals surface area contributed by atoms with Gasteiger partial charge in [0.1, 0.15) is 6.04 Å². The number of hydrazine groups is 1. The molecule has 2 atom stereocenters. The van der Waals surface area contributed by atoms with Crippen LogP contribution in [0.4, 0.5) is 5.69 Å². The van der Waals surface area contributed by atoms with Gasteiger partial charge in [0.25, 0.3) is 0 Å². The number of benzene rings is 1. The highest BCUT2D eigenvalue weighted by molar-refractivity contribution is 5.97. The maximum atomic E-state index is 12.6. The molecule has 5 nitrogen and oxygen atoms in total. The van der Waals surface area contributed by atoms with Crippen molar-refractivity contribution in [2.75, 3.05) is 11.9 Å². The molecular formula is C17H20N4O. The number of hydrogen-bond donors (Lipinski definition) is 2. The lowest BCUT2D eigenvalue weighted by Gasteiger charge is -2.21. The lowest BCUT2D eigenvalue weighted by Crippen LogP contribution is -2.44. The van der Waals surface area contributed by atoms with Gasteiger partial charge in [0.15, 0.2) is 0 Å². The van der Waals surface area contributed by atoms with Gasteiger partial charge < -0.3 is 4.90 Å². The number of carbonyl (C=O) groups excluding carboxylic acids is 1. The molecule has 0 bridgehead atoms. The topological polar surface area (TPSA) is 57.3 Å². The lowest BCUT2D eigenvalue weighted by atomic mass is 10.0. The summed E-state index contributed by atoms with van der Waals surface area (Å²) in [6.07, 6.45) is 4.26. The summed E-state index contributed by atoms with van der Waals surface area (Å²) < 4.78 is 0. The highest BCUT2D eigenvalue weighted by Gasteiger charge is 2.32. The molecule has 1 fully saturated rings. The Balaban J connectivity index is 1.69. The molecule has 1 amide bonds. The Bertz CT molecular complexity index is 659. The number of nitrogens with zero attached hydrogens (tertiary/aromatic N) is 2. The molecule has 2 heterocycles. The van der Waals surface area contributed by atoms with Crippen molar-refractivity contribution >= 4 is 11.6 Å². The van der Waals surface area contributed by atoms with Gasteiger partial charge in [-0.1, -0.05) is 12.1 Å². The third-order valence-electron chi connectivity index (χ3n) is 4.03. The molecule has 3 rings (SSSR count). The number of hydrogen-bond acceptors (Lipinski definition) is 4. The monoisotopic (exact) mass is 296 g/mol. The molecule has 1 aromatic carbocycles. The third-order valence-corrected chi connectivity index (χ3v) is 4.03. The van der Waals surface area contributed by atoms with Gasteiger partial charge in [-0.2, -0.15) is 0 Å². The summed E-state index contributed by atoms with van der Waals surface area (Å²) in [6, 6.07) is 11.8. The highest BCUT2D eigenvalue weighted by atomic mass is 16.2. The fourth-order valence-electron chi connectivity index (χ4n) is 2.73. The summed E-state index contributed by atoms with van der Waals surface area (Å²) in [6.45, 7) is 2.02. The molecular weight excluding hydrogens is 276 g/mol. The minimum absolute atomic E-state index is 0.0645. The first kappa shape index (κ1) is 14.7. The van der Waals surface area contributed by atoms with Gasteiger partial charge >= 0.3 is 0 Å². The Labute approximate surface area is 130 Å². The number of carbonyl (C=O) groups is 1. The molecule has 2 unspecified atom stereocenters. The summed E-state index contributed by atoms with van der Waals surface area (Å²) in [5.41, 5.74) is 9.50. The van der Waals surface area contributed by atoms with Crippen molar-refractivity contribution in [3.63, 3.8) is 0 Å². The third kappa shape index (κ3) is 3.00. The second-order valence-corrected chi connectivity index (χ2v) is 5.65. The minimum atomic E-state index is -0.233. The molecule has 0 aliphatic carbocycles. The van der Waals surface area contributed by atoms with Gasteiger partial charge in [0.05, 0.1) is 0 Å². The van der Waals surface area contributed by atoms with Gasteiger partial charge in [0.2, 0.25) is 5.91 Å². The van der Waals surface area contributed by atoms with Crippen molar-refractivity contribution in [2.45, 2.75) is 25.4 Å². The van der Waals surface area contributed by atoms with Crippen LogP contribution in [0.25, 0.3) is 0 Å². The van der Waals surface area contributed by atoms with E-state index >= 15 is 0 Å². The maximum Gasteiger partial charge on any atom is 0.245 e. The molecule has 1 aliphatic heterocycles. The van der Waals surface area contributed by atoms with Crippen LogP contribution in [0.3, 0.4) is 0 Å². The summed E-state index contributed by atoms with van der Waals surface area (Å²) in [5.74, 6) is 0.0645. The van der Waals surface area contributed by atoms with E-state index in [1.807, 2.05) is 50.4 Å². The number of anilines is 1. The van der Waals surface area contributed by atoms with E-state index in [2.05, 4.69) is 15.8 Å². The Kier molecular flexibility index (Phi) is 4.18. The molecule has 1 aromatic heterocycles. The minimum Gasteiger partial charge on any atom is -0.314 e. The van der Waals surface area contributed by atoms with Crippen LogP contribution < -0.4 is 15.8 Å². The fourth-order valence-corrected chi connectivity index (χ4v) is 2.73. The average Bonchev–Trinajstić information content (AvgIpc) is 3.04. The number of aromatic nitrogens is 1. The maximum absolute atomic E-state index is 12.6. The first-order valence-electron chi connectivity index (χ1n) is 7.40. The SMILES string of the molecule is Cc1cccc(N(C)C(=O)C2CC(c3ccncc3)NN2)c1. The number of aryl methyl sites for hydroxylation is 1. The van der Waals surface area contributed by atoms with Crippen LogP contribution in [0.2, 0.25) is 0 Å². The average molecular weight is 296 g/mol. The summed E-state index contributed by atoms with van der Waals surface area (Å²) in [4.78, 5) is 18.4. The second kappa shape index (κ2) is 6.25. The smallest absolute Gasteiger partial charge is 0.245 e. The largest absolute Gasteiger partial charge is 0.314 e. The van der Waals surface area contributed by atoms with Crippen molar-refractivity contribution in [3.05, 3.63) is 59.9 Å². The van der Waals surface area contributed by atoms with Gasteiger partial charge in [0, 0.05) is 31.2 Å². The number of amides is 1. The number of pyridine rings is 1. The number of nitrogens with one attached hydrogen (secondary N) is 2.